The highest BCUT2D eigenvalue weighted by Crippen LogP contribution is 2.23. The zero-order valence-corrected chi connectivity index (χ0v) is 26.6. The maximum Gasteiger partial charge on any atom is 0.338 e. The van der Waals surface area contributed by atoms with Crippen LogP contribution in [0.5, 0.6) is 0 Å². The molecular weight excluding hydrogens is 524 g/mol. The number of ether oxygens (including phenoxy) is 2. The Hall–Kier alpha value is -3.02. The van der Waals surface area contributed by atoms with E-state index in [4.69, 9.17) is 9.47 Å². The maximum atomic E-state index is 12.6. The van der Waals surface area contributed by atoms with Gasteiger partial charge >= 0.3 is 11.9 Å². The van der Waals surface area contributed by atoms with Gasteiger partial charge in [0.25, 0.3) is 0 Å². The minimum atomic E-state index is -0.239. The standard InChI is InChI=1S/C36H54N2O4/c1-5-7-9-11-13-15-29(3)41-35(39)31-17-21-33(22-18-31)37-25-27-38(28-26-37)34-23-19-32(20-24-34)36(40)42-30(4)16-14-12-10-8-6-2/h17-24,29-30H,5-16,25-28H2,1-4H3/t29-,30?/m0/s1. The van der Waals surface area contributed by atoms with E-state index in [2.05, 4.69) is 23.6 Å². The van der Waals surface area contributed by atoms with Gasteiger partial charge in [0.1, 0.15) is 0 Å². The Morgan fingerprint density at radius 3 is 1.24 bits per heavy atom. The molecule has 42 heavy (non-hydrogen) atoms. The Labute approximate surface area is 254 Å². The first kappa shape index (κ1) is 33.5. The van der Waals surface area contributed by atoms with Crippen molar-refractivity contribution in [3.8, 4) is 0 Å². The summed E-state index contributed by atoms with van der Waals surface area (Å²) in [5.41, 5.74) is 3.45. The molecule has 1 aliphatic rings. The molecule has 232 valence electrons. The van der Waals surface area contributed by atoms with Crippen molar-refractivity contribution in [1.82, 2.24) is 0 Å². The second-order valence-corrected chi connectivity index (χ2v) is 11.9. The van der Waals surface area contributed by atoms with Gasteiger partial charge in [-0.1, -0.05) is 65.2 Å². The van der Waals surface area contributed by atoms with E-state index in [-0.39, 0.29) is 24.1 Å². The van der Waals surface area contributed by atoms with Crippen LogP contribution in [0.4, 0.5) is 11.4 Å². The molecule has 0 aromatic heterocycles. The molecule has 3 rings (SSSR count). The van der Waals surface area contributed by atoms with Crippen LogP contribution in [0.1, 0.15) is 125 Å². The first-order valence-corrected chi connectivity index (χ1v) is 16.5. The van der Waals surface area contributed by atoms with E-state index in [9.17, 15) is 9.59 Å². The molecule has 2 aromatic carbocycles. The van der Waals surface area contributed by atoms with Crippen LogP contribution in [0.15, 0.2) is 48.5 Å². The zero-order chi connectivity index (χ0) is 30.2. The number of hydrogen-bond acceptors (Lipinski definition) is 6. The molecule has 0 saturated carbocycles. The van der Waals surface area contributed by atoms with E-state index in [1.807, 2.05) is 62.4 Å². The van der Waals surface area contributed by atoms with Crippen LogP contribution in [0.25, 0.3) is 0 Å². The summed E-state index contributed by atoms with van der Waals surface area (Å²) in [4.78, 5) is 29.9. The fourth-order valence-electron chi connectivity index (χ4n) is 5.53. The fraction of sp³-hybridized carbons (Fsp3) is 0.611. The van der Waals surface area contributed by atoms with E-state index in [1.54, 1.807) is 0 Å². The van der Waals surface area contributed by atoms with Crippen molar-refractivity contribution >= 4 is 23.3 Å². The average molecular weight is 579 g/mol. The minimum absolute atomic E-state index is 0.0553. The summed E-state index contributed by atoms with van der Waals surface area (Å²) < 4.78 is 11.3. The van der Waals surface area contributed by atoms with Crippen molar-refractivity contribution in [2.75, 3.05) is 36.0 Å². The Morgan fingerprint density at radius 2 is 0.905 bits per heavy atom. The predicted octanol–water partition coefficient (Wildman–Crippen LogP) is 8.82. The van der Waals surface area contributed by atoms with Gasteiger partial charge in [0.15, 0.2) is 0 Å². The quantitative estimate of drug-likeness (QED) is 0.130. The Morgan fingerprint density at radius 1 is 0.571 bits per heavy atom. The Bertz CT molecular complexity index is 960. The molecule has 1 fully saturated rings. The number of anilines is 2. The first-order chi connectivity index (χ1) is 20.4. The van der Waals surface area contributed by atoms with Crippen LogP contribution < -0.4 is 9.80 Å². The van der Waals surface area contributed by atoms with E-state index in [0.29, 0.717) is 11.1 Å². The highest BCUT2D eigenvalue weighted by Gasteiger charge is 2.20. The second kappa shape index (κ2) is 18.5. The first-order valence-electron chi connectivity index (χ1n) is 16.5. The van der Waals surface area contributed by atoms with Crippen LogP contribution >= 0.6 is 0 Å². The molecule has 2 aromatic rings. The fourth-order valence-corrected chi connectivity index (χ4v) is 5.53. The average Bonchev–Trinajstić information content (AvgIpc) is 3.01. The summed E-state index contributed by atoms with van der Waals surface area (Å²) in [5, 5.41) is 0. The van der Waals surface area contributed by atoms with Crippen molar-refractivity contribution in [1.29, 1.82) is 0 Å². The minimum Gasteiger partial charge on any atom is -0.459 e. The number of carbonyl (C=O) groups excluding carboxylic acids is 2. The van der Waals surface area contributed by atoms with Gasteiger partial charge in [-0.15, -0.1) is 0 Å². The van der Waals surface area contributed by atoms with Gasteiger partial charge in [-0.3, -0.25) is 0 Å². The normalized spacial score (nSPS) is 14.9. The van der Waals surface area contributed by atoms with Crippen LogP contribution in [0.3, 0.4) is 0 Å². The Balaban J connectivity index is 1.40. The summed E-state index contributed by atoms with van der Waals surface area (Å²) in [7, 11) is 0. The van der Waals surface area contributed by atoms with Crippen LogP contribution in [0, 0.1) is 0 Å². The monoisotopic (exact) mass is 578 g/mol. The lowest BCUT2D eigenvalue weighted by Crippen LogP contribution is -2.46. The molecule has 1 unspecified atom stereocenters. The Kier molecular flexibility index (Phi) is 14.8. The number of rotatable bonds is 18. The van der Waals surface area contributed by atoms with E-state index >= 15 is 0 Å². The van der Waals surface area contributed by atoms with Gasteiger partial charge in [-0.25, -0.2) is 9.59 Å². The smallest absolute Gasteiger partial charge is 0.338 e. The number of esters is 2. The van der Waals surface area contributed by atoms with E-state index < -0.39 is 0 Å². The van der Waals surface area contributed by atoms with E-state index in [0.717, 1.165) is 63.2 Å². The van der Waals surface area contributed by atoms with Crippen molar-refractivity contribution in [2.24, 2.45) is 0 Å². The van der Waals surface area contributed by atoms with Gasteiger partial charge < -0.3 is 19.3 Å². The van der Waals surface area contributed by atoms with Crippen molar-refractivity contribution in [2.45, 2.75) is 117 Å². The third-order valence-electron chi connectivity index (χ3n) is 8.26. The molecule has 6 nitrogen and oxygen atoms in total. The highest BCUT2D eigenvalue weighted by atomic mass is 16.5. The molecule has 0 amide bonds. The van der Waals surface area contributed by atoms with Crippen LogP contribution in [-0.4, -0.2) is 50.3 Å². The van der Waals surface area contributed by atoms with Crippen LogP contribution in [-0.2, 0) is 9.47 Å². The maximum absolute atomic E-state index is 12.6. The number of nitrogens with zero attached hydrogens (tertiary/aromatic N) is 2. The number of carbonyl (C=O) groups is 2. The number of piperazine rings is 1. The molecular formula is C36H54N2O4. The summed E-state index contributed by atoms with van der Waals surface area (Å²) in [5.74, 6) is -0.478. The van der Waals surface area contributed by atoms with Crippen molar-refractivity contribution in [3.63, 3.8) is 0 Å². The lowest BCUT2D eigenvalue weighted by Gasteiger charge is -2.37. The van der Waals surface area contributed by atoms with Crippen molar-refractivity contribution < 1.29 is 19.1 Å². The highest BCUT2D eigenvalue weighted by molar-refractivity contribution is 5.90. The molecule has 2 atom stereocenters. The number of hydrogen-bond donors (Lipinski definition) is 0. The predicted molar refractivity (Wildman–Crippen MR) is 174 cm³/mol. The topological polar surface area (TPSA) is 59.1 Å². The van der Waals surface area contributed by atoms with E-state index in [1.165, 1.54) is 51.4 Å². The summed E-state index contributed by atoms with van der Waals surface area (Å²) in [6, 6.07) is 15.6. The molecule has 1 heterocycles. The lowest BCUT2D eigenvalue weighted by atomic mass is 10.1. The molecule has 1 aliphatic heterocycles. The second-order valence-electron chi connectivity index (χ2n) is 11.9. The molecule has 1 saturated heterocycles. The largest absolute Gasteiger partial charge is 0.459 e. The SMILES string of the molecule is CCCCCCCC(C)OC(=O)c1ccc(N2CCN(c3ccc(C(=O)O[C@@H](C)CCCCCCC)cc3)CC2)cc1. The van der Waals surface area contributed by atoms with Crippen molar-refractivity contribution in [3.05, 3.63) is 59.7 Å². The summed E-state index contributed by atoms with van der Waals surface area (Å²) >= 11 is 0. The summed E-state index contributed by atoms with van der Waals surface area (Å²) in [6.07, 6.45) is 13.9. The van der Waals surface area contributed by atoms with Gasteiger partial charge in [0, 0.05) is 37.6 Å². The third kappa shape index (κ3) is 11.3. The molecule has 0 radical (unpaired) electrons. The van der Waals surface area contributed by atoms with Gasteiger partial charge in [0.05, 0.1) is 23.3 Å². The number of benzene rings is 2. The lowest BCUT2D eigenvalue weighted by molar-refractivity contribution is 0.0309. The molecule has 0 N–H and O–H groups in total. The van der Waals surface area contributed by atoms with Crippen LogP contribution in [0.2, 0.25) is 0 Å². The molecule has 0 spiro atoms. The molecule has 0 aliphatic carbocycles. The molecule has 6 heteroatoms. The molecule has 0 bridgehead atoms. The number of unbranched alkanes of at least 4 members (excludes halogenated alkanes) is 8. The van der Waals surface area contributed by atoms with Gasteiger partial charge in [-0.2, -0.15) is 0 Å². The zero-order valence-electron chi connectivity index (χ0n) is 26.6. The third-order valence-corrected chi connectivity index (χ3v) is 8.26. The summed E-state index contributed by atoms with van der Waals surface area (Å²) in [6.45, 7) is 12.0. The van der Waals surface area contributed by atoms with Gasteiger partial charge in [-0.05, 0) is 88.1 Å². The van der Waals surface area contributed by atoms with Gasteiger partial charge in [0.2, 0.25) is 0 Å².